The Hall–Kier alpha value is 0.400. The maximum Gasteiger partial charge on any atom is 0.0781 e. The number of rotatable bonds is 6. The lowest BCUT2D eigenvalue weighted by Gasteiger charge is -2.23. The van der Waals surface area contributed by atoms with E-state index in [1.807, 2.05) is 17.8 Å². The Bertz CT molecular complexity index is 398. The maximum absolute atomic E-state index is 6.24. The second-order valence-electron chi connectivity index (χ2n) is 4.21. The lowest BCUT2D eigenvalue weighted by atomic mass is 10.1. The van der Waals surface area contributed by atoms with Crippen molar-refractivity contribution in [2.45, 2.75) is 32.4 Å². The van der Waals surface area contributed by atoms with Crippen LogP contribution in [0.5, 0.6) is 0 Å². The Morgan fingerprint density at radius 3 is 2.44 bits per heavy atom. The van der Waals surface area contributed by atoms with Crippen molar-refractivity contribution in [2.75, 3.05) is 12.0 Å². The highest BCUT2D eigenvalue weighted by Crippen LogP contribution is 2.35. The molecule has 1 aromatic rings. The van der Waals surface area contributed by atoms with Crippen molar-refractivity contribution in [1.82, 2.24) is 5.32 Å². The van der Waals surface area contributed by atoms with Gasteiger partial charge in [0.2, 0.25) is 0 Å². The molecule has 0 radical (unpaired) electrons. The molecule has 0 spiro atoms. The van der Waals surface area contributed by atoms with E-state index in [0.717, 1.165) is 17.7 Å². The molecule has 0 bridgehead atoms. The zero-order valence-electron chi connectivity index (χ0n) is 10.8. The van der Waals surface area contributed by atoms with Gasteiger partial charge in [-0.15, -0.1) is 0 Å². The predicted molar refractivity (Wildman–Crippen MR) is 85.5 cm³/mol. The number of hydrogen-bond donors (Lipinski definition) is 1. The van der Waals surface area contributed by atoms with E-state index in [4.69, 9.17) is 34.8 Å². The largest absolute Gasteiger partial charge is 0.307 e. The molecule has 0 saturated heterocycles. The third-order valence-electron chi connectivity index (χ3n) is 2.88. The Morgan fingerprint density at radius 1 is 1.22 bits per heavy atom. The first-order valence-electron chi connectivity index (χ1n) is 5.89. The molecule has 2 atom stereocenters. The van der Waals surface area contributed by atoms with Crippen LogP contribution in [0.15, 0.2) is 12.1 Å². The molecule has 0 aromatic heterocycles. The summed E-state index contributed by atoms with van der Waals surface area (Å²) < 4.78 is 0. The zero-order valence-corrected chi connectivity index (χ0v) is 13.9. The third-order valence-corrected chi connectivity index (χ3v) is 4.92. The lowest BCUT2D eigenvalue weighted by molar-refractivity contribution is 0.475. The molecule has 1 N–H and O–H groups in total. The summed E-state index contributed by atoms with van der Waals surface area (Å²) in [5, 5.41) is 5.04. The molecule has 0 amide bonds. The van der Waals surface area contributed by atoms with Gasteiger partial charge in [0.05, 0.1) is 15.1 Å². The first-order chi connectivity index (χ1) is 8.51. The average molecular weight is 327 g/mol. The Kier molecular flexibility index (Phi) is 7.19. The molecule has 1 nitrogen and oxygen atoms in total. The molecular weight excluding hydrogens is 309 g/mol. The molecule has 0 aliphatic heterocycles. The SMILES string of the molecule is CCC(CSC)NC(C)c1ccc(Cl)c(Cl)c1Cl. The topological polar surface area (TPSA) is 12.0 Å². The van der Waals surface area contributed by atoms with Crippen LogP contribution >= 0.6 is 46.6 Å². The van der Waals surface area contributed by atoms with Crippen molar-refractivity contribution in [3.05, 3.63) is 32.8 Å². The van der Waals surface area contributed by atoms with Gasteiger partial charge in [0.25, 0.3) is 0 Å². The van der Waals surface area contributed by atoms with Gasteiger partial charge >= 0.3 is 0 Å². The van der Waals surface area contributed by atoms with Crippen LogP contribution in [0.4, 0.5) is 0 Å². The second kappa shape index (κ2) is 7.86. The molecule has 102 valence electrons. The third kappa shape index (κ3) is 4.21. The minimum atomic E-state index is 0.157. The van der Waals surface area contributed by atoms with Crippen LogP contribution in [-0.2, 0) is 0 Å². The molecule has 5 heteroatoms. The molecular formula is C13H18Cl3NS. The van der Waals surface area contributed by atoms with E-state index in [0.29, 0.717) is 21.1 Å². The van der Waals surface area contributed by atoms with E-state index in [1.54, 1.807) is 6.07 Å². The molecule has 2 unspecified atom stereocenters. The van der Waals surface area contributed by atoms with Gasteiger partial charge in [-0.2, -0.15) is 11.8 Å². The van der Waals surface area contributed by atoms with E-state index in [-0.39, 0.29) is 6.04 Å². The molecule has 0 heterocycles. The summed E-state index contributed by atoms with van der Waals surface area (Å²) in [6.45, 7) is 4.27. The van der Waals surface area contributed by atoms with Gasteiger partial charge in [-0.25, -0.2) is 0 Å². The summed E-state index contributed by atoms with van der Waals surface area (Å²) in [5.41, 5.74) is 0.991. The van der Waals surface area contributed by atoms with Crippen LogP contribution in [-0.4, -0.2) is 18.1 Å². The second-order valence-corrected chi connectivity index (χ2v) is 6.29. The van der Waals surface area contributed by atoms with Crippen LogP contribution in [0.3, 0.4) is 0 Å². The fourth-order valence-corrected chi connectivity index (χ4v) is 3.24. The summed E-state index contributed by atoms with van der Waals surface area (Å²) in [6, 6.07) is 4.35. The molecule has 0 fully saturated rings. The zero-order chi connectivity index (χ0) is 13.7. The minimum absolute atomic E-state index is 0.157. The van der Waals surface area contributed by atoms with E-state index in [9.17, 15) is 0 Å². The summed E-state index contributed by atoms with van der Waals surface area (Å²) in [5.74, 6) is 1.08. The molecule has 1 rings (SSSR count). The van der Waals surface area contributed by atoms with Crippen molar-refractivity contribution >= 4 is 46.6 Å². The van der Waals surface area contributed by atoms with Gasteiger partial charge in [-0.05, 0) is 31.2 Å². The van der Waals surface area contributed by atoms with Gasteiger partial charge in [0.15, 0.2) is 0 Å². The monoisotopic (exact) mass is 325 g/mol. The number of thioether (sulfide) groups is 1. The smallest absolute Gasteiger partial charge is 0.0781 e. The predicted octanol–water partition coefficient (Wildman–Crippen LogP) is 5.44. The van der Waals surface area contributed by atoms with Gasteiger partial charge in [0, 0.05) is 17.8 Å². The fraction of sp³-hybridized carbons (Fsp3) is 0.538. The standard InChI is InChI=1S/C13H18Cl3NS/c1-4-9(7-18-3)17-8(2)10-5-6-11(14)13(16)12(10)15/h5-6,8-9,17H,4,7H2,1-3H3. The van der Waals surface area contributed by atoms with Crippen molar-refractivity contribution < 1.29 is 0 Å². The number of hydrogen-bond acceptors (Lipinski definition) is 2. The van der Waals surface area contributed by atoms with Crippen molar-refractivity contribution in [2.24, 2.45) is 0 Å². The highest BCUT2D eigenvalue weighted by molar-refractivity contribution is 7.98. The first-order valence-corrected chi connectivity index (χ1v) is 8.42. The van der Waals surface area contributed by atoms with Gasteiger partial charge in [-0.1, -0.05) is 47.8 Å². The summed E-state index contributed by atoms with van der Waals surface area (Å²) in [4.78, 5) is 0. The van der Waals surface area contributed by atoms with Crippen LogP contribution in [0.2, 0.25) is 15.1 Å². The normalized spacial score (nSPS) is 14.6. The number of benzene rings is 1. The van der Waals surface area contributed by atoms with Gasteiger partial charge < -0.3 is 5.32 Å². The quantitative estimate of drug-likeness (QED) is 0.699. The van der Waals surface area contributed by atoms with Gasteiger partial charge in [-0.3, -0.25) is 0 Å². The summed E-state index contributed by atoms with van der Waals surface area (Å²) in [6.07, 6.45) is 3.20. The summed E-state index contributed by atoms with van der Waals surface area (Å²) in [7, 11) is 0. The summed E-state index contributed by atoms with van der Waals surface area (Å²) >= 11 is 20.1. The van der Waals surface area contributed by atoms with Crippen LogP contribution in [0, 0.1) is 0 Å². The number of nitrogens with one attached hydrogen (secondary N) is 1. The molecule has 1 aromatic carbocycles. The van der Waals surface area contributed by atoms with E-state index < -0.39 is 0 Å². The Labute approximate surface area is 129 Å². The van der Waals surface area contributed by atoms with Crippen LogP contribution in [0.25, 0.3) is 0 Å². The van der Waals surface area contributed by atoms with E-state index in [1.165, 1.54) is 0 Å². The number of halogens is 3. The van der Waals surface area contributed by atoms with Crippen molar-refractivity contribution in [1.29, 1.82) is 0 Å². The van der Waals surface area contributed by atoms with Crippen molar-refractivity contribution in [3.8, 4) is 0 Å². The van der Waals surface area contributed by atoms with Gasteiger partial charge in [0.1, 0.15) is 0 Å². The highest BCUT2D eigenvalue weighted by Gasteiger charge is 2.16. The molecule has 0 aliphatic carbocycles. The highest BCUT2D eigenvalue weighted by atomic mass is 35.5. The average Bonchev–Trinajstić information content (AvgIpc) is 2.35. The molecule has 18 heavy (non-hydrogen) atoms. The maximum atomic E-state index is 6.24. The molecule has 0 saturated carbocycles. The van der Waals surface area contributed by atoms with E-state index in [2.05, 4.69) is 25.4 Å². The van der Waals surface area contributed by atoms with Crippen molar-refractivity contribution in [3.63, 3.8) is 0 Å². The van der Waals surface area contributed by atoms with Crippen LogP contribution < -0.4 is 5.32 Å². The van der Waals surface area contributed by atoms with Crippen LogP contribution in [0.1, 0.15) is 31.9 Å². The van der Waals surface area contributed by atoms with E-state index >= 15 is 0 Å². The Morgan fingerprint density at radius 2 is 1.89 bits per heavy atom. The fourth-order valence-electron chi connectivity index (χ4n) is 1.80. The molecule has 0 aliphatic rings. The Balaban J connectivity index is 2.84. The minimum Gasteiger partial charge on any atom is -0.307 e. The first kappa shape index (κ1) is 16.5. The lowest BCUT2D eigenvalue weighted by Crippen LogP contribution is -2.33.